The van der Waals surface area contributed by atoms with Gasteiger partial charge >= 0.3 is 5.63 Å². The Morgan fingerprint density at radius 1 is 1.04 bits per heavy atom. The first-order valence-corrected chi connectivity index (χ1v) is 10.6. The van der Waals surface area contributed by atoms with Gasteiger partial charge in [0.2, 0.25) is 0 Å². The summed E-state index contributed by atoms with van der Waals surface area (Å²) in [6, 6.07) is 13.2. The van der Waals surface area contributed by atoms with Gasteiger partial charge in [0.25, 0.3) is 10.0 Å². The quantitative estimate of drug-likeness (QED) is 0.448. The lowest BCUT2D eigenvalue weighted by atomic mass is 10.1. The van der Waals surface area contributed by atoms with Gasteiger partial charge in [0.05, 0.1) is 10.6 Å². The van der Waals surface area contributed by atoms with Crippen molar-refractivity contribution >= 4 is 42.6 Å². The predicted molar refractivity (Wildman–Crippen MR) is 107 cm³/mol. The minimum absolute atomic E-state index is 0.217. The SMILES string of the molecule is Cc1ccc(S(=O)(=O)N(CCBr)c2ccc3c(C)cc(=O)oc3c2)cc1. The zero-order valence-electron chi connectivity index (χ0n) is 14.4. The molecule has 0 aliphatic carbocycles. The van der Waals surface area contributed by atoms with Crippen LogP contribution in [0.1, 0.15) is 11.1 Å². The van der Waals surface area contributed by atoms with Crippen molar-refractivity contribution in [2.75, 3.05) is 16.2 Å². The second-order valence-electron chi connectivity index (χ2n) is 6.01. The van der Waals surface area contributed by atoms with Crippen LogP contribution in [-0.4, -0.2) is 20.3 Å². The maximum absolute atomic E-state index is 13.1. The Kier molecular flexibility index (Phi) is 5.20. The molecule has 3 rings (SSSR count). The highest BCUT2D eigenvalue weighted by molar-refractivity contribution is 9.09. The van der Waals surface area contributed by atoms with E-state index in [2.05, 4.69) is 15.9 Å². The highest BCUT2D eigenvalue weighted by Gasteiger charge is 2.25. The highest BCUT2D eigenvalue weighted by atomic mass is 79.9. The molecule has 0 aliphatic heterocycles. The molecule has 3 aromatic rings. The fourth-order valence-electron chi connectivity index (χ4n) is 2.77. The number of halogens is 1. The summed E-state index contributed by atoms with van der Waals surface area (Å²) in [6.07, 6.45) is 0. The van der Waals surface area contributed by atoms with E-state index in [-0.39, 0.29) is 11.4 Å². The van der Waals surface area contributed by atoms with Gasteiger partial charge in [-0.15, -0.1) is 0 Å². The van der Waals surface area contributed by atoms with Crippen molar-refractivity contribution in [3.05, 3.63) is 70.1 Å². The Morgan fingerprint density at radius 3 is 2.38 bits per heavy atom. The summed E-state index contributed by atoms with van der Waals surface area (Å²) in [5.41, 5.74) is 2.13. The number of fused-ring (bicyclic) bond motifs is 1. The van der Waals surface area contributed by atoms with Gasteiger partial charge in [-0.05, 0) is 43.7 Å². The zero-order chi connectivity index (χ0) is 18.9. The first-order valence-electron chi connectivity index (χ1n) is 8.03. The summed E-state index contributed by atoms with van der Waals surface area (Å²) in [6.45, 7) is 3.97. The summed E-state index contributed by atoms with van der Waals surface area (Å²) in [7, 11) is -3.74. The van der Waals surface area contributed by atoms with Crippen LogP contribution in [0, 0.1) is 13.8 Å². The summed E-state index contributed by atoms with van der Waals surface area (Å²) < 4.78 is 32.8. The lowest BCUT2D eigenvalue weighted by molar-refractivity contribution is 0.560. The Labute approximate surface area is 160 Å². The van der Waals surface area contributed by atoms with Crippen LogP contribution in [0.5, 0.6) is 0 Å². The number of hydrogen-bond acceptors (Lipinski definition) is 4. The highest BCUT2D eigenvalue weighted by Crippen LogP contribution is 2.28. The Hall–Kier alpha value is -2.12. The molecule has 0 spiro atoms. The van der Waals surface area contributed by atoms with Crippen molar-refractivity contribution < 1.29 is 12.8 Å². The van der Waals surface area contributed by atoms with Gasteiger partial charge in [-0.25, -0.2) is 13.2 Å². The van der Waals surface area contributed by atoms with Crippen LogP contribution < -0.4 is 9.93 Å². The summed E-state index contributed by atoms with van der Waals surface area (Å²) >= 11 is 3.32. The van der Waals surface area contributed by atoms with E-state index in [0.717, 1.165) is 16.5 Å². The topological polar surface area (TPSA) is 67.6 Å². The first kappa shape index (κ1) is 18.7. The van der Waals surface area contributed by atoms with Gasteiger partial charge in [0.15, 0.2) is 0 Å². The maximum Gasteiger partial charge on any atom is 0.336 e. The normalized spacial score (nSPS) is 11.7. The molecule has 26 heavy (non-hydrogen) atoms. The molecular formula is C19H18BrNO4S. The largest absolute Gasteiger partial charge is 0.423 e. The van der Waals surface area contributed by atoms with Crippen LogP contribution in [0.2, 0.25) is 0 Å². The van der Waals surface area contributed by atoms with Crippen LogP contribution in [0.4, 0.5) is 5.69 Å². The van der Waals surface area contributed by atoms with Crippen molar-refractivity contribution in [2.45, 2.75) is 18.7 Å². The van der Waals surface area contributed by atoms with Crippen LogP contribution in [0.25, 0.3) is 11.0 Å². The number of rotatable bonds is 5. The monoisotopic (exact) mass is 435 g/mol. The third kappa shape index (κ3) is 3.54. The maximum atomic E-state index is 13.1. The van der Waals surface area contributed by atoms with Gasteiger partial charge in [0, 0.05) is 29.4 Å². The fourth-order valence-corrected chi connectivity index (χ4v) is 4.82. The van der Waals surface area contributed by atoms with Gasteiger partial charge < -0.3 is 4.42 Å². The van der Waals surface area contributed by atoms with E-state index in [1.165, 1.54) is 10.4 Å². The Bertz CT molecular complexity index is 1100. The standard InChI is InChI=1S/C19H18BrNO4S/c1-13-3-6-16(7-4-13)26(23,24)21(10-9-20)15-5-8-17-14(2)11-19(22)25-18(17)12-15/h3-8,11-12H,9-10H2,1-2H3. The van der Waals surface area contributed by atoms with Crippen LogP contribution in [0.15, 0.2) is 62.6 Å². The van der Waals surface area contributed by atoms with Gasteiger partial charge in [0.1, 0.15) is 5.58 Å². The molecule has 2 aromatic carbocycles. The fraction of sp³-hybridized carbons (Fsp3) is 0.211. The molecule has 0 aliphatic rings. The van der Waals surface area contributed by atoms with Gasteiger partial charge in [-0.1, -0.05) is 33.6 Å². The van der Waals surface area contributed by atoms with E-state index < -0.39 is 15.6 Å². The molecule has 0 saturated heterocycles. The molecule has 7 heteroatoms. The molecule has 0 bridgehead atoms. The number of sulfonamides is 1. The van der Waals surface area contributed by atoms with Crippen LogP contribution >= 0.6 is 15.9 Å². The van der Waals surface area contributed by atoms with Crippen LogP contribution in [0.3, 0.4) is 0 Å². The lowest BCUT2D eigenvalue weighted by Crippen LogP contribution is -2.32. The number of alkyl halides is 1. The number of hydrogen-bond donors (Lipinski definition) is 0. The molecule has 0 saturated carbocycles. The van der Waals surface area contributed by atoms with E-state index in [4.69, 9.17) is 4.42 Å². The molecule has 0 unspecified atom stereocenters. The predicted octanol–water partition coefficient (Wildman–Crippen LogP) is 4.00. The number of nitrogens with zero attached hydrogens (tertiary/aromatic N) is 1. The molecule has 1 aromatic heterocycles. The second kappa shape index (κ2) is 7.25. The second-order valence-corrected chi connectivity index (χ2v) is 8.66. The Balaban J connectivity index is 2.14. The van der Waals surface area contributed by atoms with E-state index in [1.54, 1.807) is 42.5 Å². The molecule has 1 heterocycles. The van der Waals surface area contributed by atoms with E-state index in [1.807, 2.05) is 13.8 Å². The third-order valence-electron chi connectivity index (χ3n) is 4.12. The van der Waals surface area contributed by atoms with Crippen molar-refractivity contribution in [1.82, 2.24) is 0 Å². The summed E-state index contributed by atoms with van der Waals surface area (Å²) in [4.78, 5) is 11.9. The average molecular weight is 436 g/mol. The third-order valence-corrected chi connectivity index (χ3v) is 6.32. The van der Waals surface area contributed by atoms with E-state index >= 15 is 0 Å². The molecule has 0 N–H and O–H groups in total. The van der Waals surface area contributed by atoms with Crippen molar-refractivity contribution in [3.63, 3.8) is 0 Å². The molecular weight excluding hydrogens is 418 g/mol. The minimum atomic E-state index is -3.74. The molecule has 0 amide bonds. The Morgan fingerprint density at radius 2 is 1.73 bits per heavy atom. The van der Waals surface area contributed by atoms with E-state index in [0.29, 0.717) is 16.6 Å². The number of benzene rings is 2. The smallest absolute Gasteiger partial charge is 0.336 e. The molecule has 136 valence electrons. The minimum Gasteiger partial charge on any atom is -0.423 e. The summed E-state index contributed by atoms with van der Waals surface area (Å²) in [5, 5.41) is 1.24. The molecule has 0 radical (unpaired) electrons. The zero-order valence-corrected chi connectivity index (χ0v) is 16.8. The van der Waals surface area contributed by atoms with Crippen LogP contribution in [-0.2, 0) is 10.0 Å². The molecule has 0 atom stereocenters. The van der Waals surface area contributed by atoms with Crippen molar-refractivity contribution in [2.24, 2.45) is 0 Å². The number of aryl methyl sites for hydroxylation is 2. The molecule has 0 fully saturated rings. The first-order chi connectivity index (χ1) is 12.3. The average Bonchev–Trinajstić information content (AvgIpc) is 2.59. The molecule has 5 nitrogen and oxygen atoms in total. The van der Waals surface area contributed by atoms with Gasteiger partial charge in [-0.3, -0.25) is 4.31 Å². The summed E-state index contributed by atoms with van der Waals surface area (Å²) in [5.74, 6) is 0. The van der Waals surface area contributed by atoms with Crippen molar-refractivity contribution in [3.8, 4) is 0 Å². The van der Waals surface area contributed by atoms with Gasteiger partial charge in [-0.2, -0.15) is 0 Å². The van der Waals surface area contributed by atoms with Crippen molar-refractivity contribution in [1.29, 1.82) is 0 Å². The lowest BCUT2D eigenvalue weighted by Gasteiger charge is -2.24. The van der Waals surface area contributed by atoms with E-state index in [9.17, 15) is 13.2 Å². The number of anilines is 1.